The Labute approximate surface area is 153 Å². The van der Waals surface area contributed by atoms with Crippen LogP contribution < -0.4 is 5.56 Å². The highest BCUT2D eigenvalue weighted by molar-refractivity contribution is 5.79. The average molecular weight is 342 g/mol. The topological polar surface area (TPSA) is 34.9 Å². The predicted octanol–water partition coefficient (Wildman–Crippen LogP) is 4.09. The average Bonchev–Trinajstić information content (AvgIpc) is 2.92. The molecule has 1 aromatic heterocycles. The molecule has 2 aromatic carbocycles. The van der Waals surface area contributed by atoms with Crippen molar-refractivity contribution in [3.63, 3.8) is 0 Å². The molecule has 0 saturated carbocycles. The van der Waals surface area contributed by atoms with E-state index in [1.807, 2.05) is 22.8 Å². The lowest BCUT2D eigenvalue weighted by atomic mass is 10.1. The van der Waals surface area contributed by atoms with Crippen molar-refractivity contribution in [3.05, 3.63) is 75.3 Å². The molecule has 0 atom stereocenters. The van der Waals surface area contributed by atoms with Gasteiger partial charge in [-0.2, -0.15) is 0 Å². The Hall–Kier alpha value is -2.86. The van der Waals surface area contributed by atoms with Gasteiger partial charge >= 0.3 is 0 Å². The van der Waals surface area contributed by atoms with Crippen LogP contribution in [0.2, 0.25) is 0 Å². The molecule has 3 nitrogen and oxygen atoms in total. The molecule has 1 aliphatic heterocycles. The minimum Gasteiger partial charge on any atom is -0.296 e. The van der Waals surface area contributed by atoms with Gasteiger partial charge in [0.1, 0.15) is 5.82 Å². The Morgan fingerprint density at radius 3 is 2.58 bits per heavy atom. The van der Waals surface area contributed by atoms with Crippen molar-refractivity contribution < 1.29 is 0 Å². The van der Waals surface area contributed by atoms with Gasteiger partial charge in [0.2, 0.25) is 0 Å². The van der Waals surface area contributed by atoms with Crippen molar-refractivity contribution >= 4 is 10.9 Å². The molecule has 0 N–H and O–H groups in total. The zero-order valence-electron chi connectivity index (χ0n) is 15.1. The van der Waals surface area contributed by atoms with Gasteiger partial charge < -0.3 is 0 Å². The molecule has 4 rings (SSSR count). The summed E-state index contributed by atoms with van der Waals surface area (Å²) in [5.41, 5.74) is 4.05. The summed E-state index contributed by atoms with van der Waals surface area (Å²) in [6, 6.07) is 14.1. The SMILES string of the molecule is CCc1ccc(C#Cc2ccc3c(=O)n4c(nc3c2)CCCCC4)cc1. The third-order valence-electron chi connectivity index (χ3n) is 5.03. The minimum atomic E-state index is 0.0848. The van der Waals surface area contributed by atoms with Crippen molar-refractivity contribution in [1.82, 2.24) is 9.55 Å². The van der Waals surface area contributed by atoms with E-state index in [0.29, 0.717) is 5.39 Å². The molecule has 26 heavy (non-hydrogen) atoms. The zero-order valence-corrected chi connectivity index (χ0v) is 15.1. The molecular formula is C23H22N2O. The van der Waals surface area contributed by atoms with Crippen molar-refractivity contribution in [2.24, 2.45) is 0 Å². The van der Waals surface area contributed by atoms with Crippen LogP contribution in [0, 0.1) is 11.8 Å². The molecule has 130 valence electrons. The zero-order chi connectivity index (χ0) is 17.9. The highest BCUT2D eigenvalue weighted by Gasteiger charge is 2.13. The van der Waals surface area contributed by atoms with Crippen LogP contribution in [0.4, 0.5) is 0 Å². The van der Waals surface area contributed by atoms with Gasteiger partial charge in [0, 0.05) is 24.1 Å². The van der Waals surface area contributed by atoms with Crippen LogP contribution in [0.3, 0.4) is 0 Å². The van der Waals surface area contributed by atoms with E-state index in [2.05, 4.69) is 43.0 Å². The van der Waals surface area contributed by atoms with Crippen molar-refractivity contribution in [2.75, 3.05) is 0 Å². The van der Waals surface area contributed by atoms with Gasteiger partial charge in [0.05, 0.1) is 10.9 Å². The summed E-state index contributed by atoms with van der Waals surface area (Å²) in [5, 5.41) is 0.688. The number of aromatic nitrogens is 2. The van der Waals surface area contributed by atoms with Gasteiger partial charge in [-0.25, -0.2) is 4.98 Å². The van der Waals surface area contributed by atoms with Crippen LogP contribution in [0.15, 0.2) is 47.3 Å². The fourth-order valence-electron chi connectivity index (χ4n) is 3.46. The van der Waals surface area contributed by atoms with Crippen molar-refractivity contribution in [3.8, 4) is 11.8 Å². The molecule has 0 radical (unpaired) electrons. The van der Waals surface area contributed by atoms with E-state index in [-0.39, 0.29) is 5.56 Å². The predicted molar refractivity (Wildman–Crippen MR) is 105 cm³/mol. The van der Waals surface area contributed by atoms with Gasteiger partial charge in [0.15, 0.2) is 0 Å². The third kappa shape index (κ3) is 3.28. The second-order valence-corrected chi connectivity index (χ2v) is 6.83. The second kappa shape index (κ2) is 7.17. The van der Waals surface area contributed by atoms with Gasteiger partial charge in [-0.3, -0.25) is 9.36 Å². The number of rotatable bonds is 1. The maximum Gasteiger partial charge on any atom is 0.261 e. The lowest BCUT2D eigenvalue weighted by molar-refractivity contribution is 0.614. The maximum absolute atomic E-state index is 12.8. The van der Waals surface area contributed by atoms with Crippen LogP contribution in [0.25, 0.3) is 10.9 Å². The van der Waals surface area contributed by atoms with E-state index < -0.39 is 0 Å². The third-order valence-corrected chi connectivity index (χ3v) is 5.03. The first-order valence-electron chi connectivity index (χ1n) is 9.39. The van der Waals surface area contributed by atoms with E-state index in [4.69, 9.17) is 4.98 Å². The quantitative estimate of drug-likeness (QED) is 0.625. The van der Waals surface area contributed by atoms with E-state index in [1.165, 1.54) is 5.56 Å². The van der Waals surface area contributed by atoms with Crippen LogP contribution in [0.1, 0.15) is 48.7 Å². The second-order valence-electron chi connectivity index (χ2n) is 6.83. The van der Waals surface area contributed by atoms with Crippen LogP contribution >= 0.6 is 0 Å². The number of nitrogens with zero attached hydrogens (tertiary/aromatic N) is 2. The number of aryl methyl sites for hydroxylation is 2. The fraction of sp³-hybridized carbons (Fsp3) is 0.304. The molecule has 0 spiro atoms. The summed E-state index contributed by atoms with van der Waals surface area (Å²) in [7, 11) is 0. The first-order valence-corrected chi connectivity index (χ1v) is 9.39. The molecule has 0 fully saturated rings. The molecule has 0 bridgehead atoms. The standard InChI is InChI=1S/C23H22N2O/c1-2-17-7-9-18(10-8-17)11-12-19-13-14-20-21(16-19)24-22-6-4-3-5-15-25(22)23(20)26/h7-10,13-14,16H,2-6,15H2,1H3. The molecule has 0 saturated heterocycles. The molecule has 0 aliphatic carbocycles. The highest BCUT2D eigenvalue weighted by Crippen LogP contribution is 2.16. The normalized spacial score (nSPS) is 13.6. The van der Waals surface area contributed by atoms with Crippen LogP contribution in [0.5, 0.6) is 0 Å². The first-order chi connectivity index (χ1) is 12.7. The fourth-order valence-corrected chi connectivity index (χ4v) is 3.46. The molecule has 1 aliphatic rings. The first kappa shape index (κ1) is 16.6. The Balaban J connectivity index is 1.71. The van der Waals surface area contributed by atoms with E-state index in [0.717, 1.165) is 61.1 Å². The summed E-state index contributed by atoms with van der Waals surface area (Å²) >= 11 is 0. The lowest BCUT2D eigenvalue weighted by Crippen LogP contribution is -2.24. The summed E-state index contributed by atoms with van der Waals surface area (Å²) < 4.78 is 1.86. The number of hydrogen-bond donors (Lipinski definition) is 0. The number of hydrogen-bond acceptors (Lipinski definition) is 2. The smallest absolute Gasteiger partial charge is 0.261 e. The summed E-state index contributed by atoms with van der Waals surface area (Å²) in [4.78, 5) is 17.5. The van der Waals surface area contributed by atoms with Crippen molar-refractivity contribution in [2.45, 2.75) is 45.6 Å². The van der Waals surface area contributed by atoms with E-state index >= 15 is 0 Å². The molecule has 3 aromatic rings. The highest BCUT2D eigenvalue weighted by atomic mass is 16.1. The van der Waals surface area contributed by atoms with Crippen LogP contribution in [-0.2, 0) is 19.4 Å². The molecule has 0 unspecified atom stereocenters. The van der Waals surface area contributed by atoms with Crippen LogP contribution in [-0.4, -0.2) is 9.55 Å². The number of benzene rings is 2. The lowest BCUT2D eigenvalue weighted by Gasteiger charge is -2.10. The minimum absolute atomic E-state index is 0.0848. The van der Waals surface area contributed by atoms with Gasteiger partial charge in [-0.1, -0.05) is 37.3 Å². The van der Waals surface area contributed by atoms with E-state index in [9.17, 15) is 4.79 Å². The van der Waals surface area contributed by atoms with Gasteiger partial charge in [-0.05, 0) is 55.2 Å². The molecule has 3 heteroatoms. The largest absolute Gasteiger partial charge is 0.296 e. The Morgan fingerprint density at radius 1 is 1.00 bits per heavy atom. The Morgan fingerprint density at radius 2 is 1.77 bits per heavy atom. The van der Waals surface area contributed by atoms with Gasteiger partial charge in [0.25, 0.3) is 5.56 Å². The van der Waals surface area contributed by atoms with Crippen molar-refractivity contribution in [1.29, 1.82) is 0 Å². The number of fused-ring (bicyclic) bond motifs is 2. The molecular weight excluding hydrogens is 320 g/mol. The Bertz CT molecular complexity index is 1070. The summed E-state index contributed by atoms with van der Waals surface area (Å²) in [6.45, 7) is 2.93. The Kier molecular flexibility index (Phi) is 4.58. The monoisotopic (exact) mass is 342 g/mol. The van der Waals surface area contributed by atoms with E-state index in [1.54, 1.807) is 0 Å². The summed E-state index contributed by atoms with van der Waals surface area (Å²) in [6.07, 6.45) is 5.23. The molecule has 2 heterocycles. The molecule has 0 amide bonds. The maximum atomic E-state index is 12.8. The van der Waals surface area contributed by atoms with Gasteiger partial charge in [-0.15, -0.1) is 0 Å². The summed E-state index contributed by atoms with van der Waals surface area (Å²) in [5.74, 6) is 7.32.